The van der Waals surface area contributed by atoms with E-state index in [1.807, 2.05) is 24.8 Å². The number of aliphatic hydroxyl groups is 1. The zero-order valence-electron chi connectivity index (χ0n) is 17.5. The number of β-amino-alcohol motifs (C(OH)–C–C–N with tert-alkyl or cyclic N) is 1. The molecular weight excluding hydrogens is 404 g/mol. The number of benzene rings is 1. The molecule has 0 aliphatic carbocycles. The van der Waals surface area contributed by atoms with Crippen LogP contribution in [0.2, 0.25) is 0 Å². The average molecular weight is 427 g/mol. The number of rotatable bonds is 4. The van der Waals surface area contributed by atoms with Gasteiger partial charge in [0.05, 0.1) is 40.3 Å². The highest BCUT2D eigenvalue weighted by atomic mass is 19.3. The highest BCUT2D eigenvalue weighted by molar-refractivity contribution is 5.92. The number of alkyl halides is 2. The fraction of sp³-hybridized carbons (Fsp3) is 0.409. The third-order valence-electron chi connectivity index (χ3n) is 5.86. The van der Waals surface area contributed by atoms with Crippen molar-refractivity contribution in [3.05, 3.63) is 47.3 Å². The zero-order valence-corrected chi connectivity index (χ0v) is 17.5. The van der Waals surface area contributed by atoms with Crippen molar-refractivity contribution in [2.45, 2.75) is 38.3 Å². The van der Waals surface area contributed by atoms with Gasteiger partial charge in [0.2, 0.25) is 0 Å². The lowest BCUT2D eigenvalue weighted by molar-refractivity contribution is -0.0214. The van der Waals surface area contributed by atoms with Crippen LogP contribution in [0, 0.1) is 6.92 Å². The van der Waals surface area contributed by atoms with Crippen molar-refractivity contribution >= 4 is 22.4 Å². The van der Waals surface area contributed by atoms with E-state index in [1.54, 1.807) is 25.3 Å². The Hall–Kier alpha value is -3.07. The van der Waals surface area contributed by atoms with Gasteiger partial charge in [0.25, 0.3) is 0 Å². The molecule has 0 amide bonds. The van der Waals surface area contributed by atoms with Gasteiger partial charge in [0.1, 0.15) is 5.75 Å². The van der Waals surface area contributed by atoms with Gasteiger partial charge >= 0.3 is 5.92 Å². The minimum absolute atomic E-state index is 0.0905. The maximum absolute atomic E-state index is 14.1. The minimum Gasteiger partial charge on any atom is -0.486 e. The Balaban J connectivity index is 1.50. The number of fused-ring (bicyclic) bond motifs is 2. The molecule has 0 saturated carbocycles. The van der Waals surface area contributed by atoms with Crippen LogP contribution in [0.1, 0.15) is 36.7 Å². The fourth-order valence-electron chi connectivity index (χ4n) is 4.26. The molecule has 1 saturated heterocycles. The topological polar surface area (TPSA) is 83.4 Å². The second-order valence-electron chi connectivity index (χ2n) is 8.66. The maximum Gasteiger partial charge on any atom is 0.310 e. The fourth-order valence-corrected chi connectivity index (χ4v) is 4.26. The van der Waals surface area contributed by atoms with E-state index in [0.717, 1.165) is 11.1 Å². The number of aromatic nitrogens is 3. The molecule has 162 valence electrons. The Morgan fingerprint density at radius 1 is 1.26 bits per heavy atom. The Bertz CT molecular complexity index is 1180. The van der Waals surface area contributed by atoms with Gasteiger partial charge in [-0.25, -0.2) is 0 Å². The standard InChI is InChI=1S/C22H23F2N5O2/c1-12(15-5-4-6-17-19(15)31-11-22(17,23)24)26-20-16-7-14(29-9-21(3,30)10-29)8-25-18(16)13(2)27-28-20/h4-8,12,30H,9-11H2,1-3H3,(H,26,28)/t12-/m1/s1. The van der Waals surface area contributed by atoms with Gasteiger partial charge in [-0.15, -0.1) is 5.10 Å². The molecule has 0 spiro atoms. The molecule has 0 unspecified atom stereocenters. The summed E-state index contributed by atoms with van der Waals surface area (Å²) in [4.78, 5) is 6.60. The van der Waals surface area contributed by atoms with E-state index in [4.69, 9.17) is 4.74 Å². The van der Waals surface area contributed by atoms with Crippen LogP contribution in [-0.2, 0) is 5.92 Å². The van der Waals surface area contributed by atoms with E-state index >= 15 is 0 Å². The van der Waals surface area contributed by atoms with Crippen LogP contribution in [0.5, 0.6) is 5.75 Å². The minimum atomic E-state index is -2.99. The van der Waals surface area contributed by atoms with Crippen LogP contribution >= 0.6 is 0 Å². The van der Waals surface area contributed by atoms with Gasteiger partial charge in [0.15, 0.2) is 12.4 Å². The first-order chi connectivity index (χ1) is 14.6. The van der Waals surface area contributed by atoms with E-state index in [2.05, 4.69) is 20.5 Å². The van der Waals surface area contributed by atoms with Crippen molar-refractivity contribution in [1.82, 2.24) is 15.2 Å². The van der Waals surface area contributed by atoms with Crippen molar-refractivity contribution in [3.63, 3.8) is 0 Å². The summed E-state index contributed by atoms with van der Waals surface area (Å²) in [7, 11) is 0. The largest absolute Gasteiger partial charge is 0.486 e. The number of para-hydroxylation sites is 1. The van der Waals surface area contributed by atoms with Crippen LogP contribution < -0.4 is 15.0 Å². The molecule has 0 bridgehead atoms. The Morgan fingerprint density at radius 2 is 2.03 bits per heavy atom. The molecule has 31 heavy (non-hydrogen) atoms. The summed E-state index contributed by atoms with van der Waals surface area (Å²) in [6.45, 7) is 5.91. The molecule has 5 rings (SSSR count). The van der Waals surface area contributed by atoms with Crippen molar-refractivity contribution in [1.29, 1.82) is 0 Å². The summed E-state index contributed by atoms with van der Waals surface area (Å²) < 4.78 is 33.5. The first-order valence-corrected chi connectivity index (χ1v) is 10.2. The SMILES string of the molecule is Cc1nnc(N[C@H](C)c2cccc3c2OCC3(F)F)c2cc(N3CC(C)(O)C3)cnc12. The van der Waals surface area contributed by atoms with Gasteiger partial charge in [-0.1, -0.05) is 12.1 Å². The molecule has 1 aromatic carbocycles. The summed E-state index contributed by atoms with van der Waals surface area (Å²) in [6, 6.07) is 6.40. The van der Waals surface area contributed by atoms with Crippen molar-refractivity contribution in [3.8, 4) is 5.75 Å². The van der Waals surface area contributed by atoms with Gasteiger partial charge in [-0.3, -0.25) is 4.98 Å². The first kappa shape index (κ1) is 19.9. The van der Waals surface area contributed by atoms with Crippen LogP contribution in [0.4, 0.5) is 20.3 Å². The number of halogens is 2. The number of hydrogen-bond acceptors (Lipinski definition) is 7. The molecule has 1 atom stereocenters. The summed E-state index contributed by atoms with van der Waals surface area (Å²) >= 11 is 0. The molecule has 7 nitrogen and oxygen atoms in total. The van der Waals surface area contributed by atoms with Crippen LogP contribution in [0.15, 0.2) is 30.5 Å². The summed E-state index contributed by atoms with van der Waals surface area (Å²) in [5, 5.41) is 22.6. The first-order valence-electron chi connectivity index (χ1n) is 10.2. The molecule has 2 aliphatic rings. The highest BCUT2D eigenvalue weighted by Gasteiger charge is 2.43. The van der Waals surface area contributed by atoms with E-state index in [1.165, 1.54) is 6.07 Å². The van der Waals surface area contributed by atoms with E-state index in [-0.39, 0.29) is 17.4 Å². The van der Waals surface area contributed by atoms with Crippen LogP contribution in [0.25, 0.3) is 10.9 Å². The number of nitrogens with zero attached hydrogens (tertiary/aromatic N) is 4. The van der Waals surface area contributed by atoms with Crippen molar-refractivity contribution in [2.75, 3.05) is 29.9 Å². The number of hydrogen-bond donors (Lipinski definition) is 2. The third-order valence-corrected chi connectivity index (χ3v) is 5.86. The van der Waals surface area contributed by atoms with Gasteiger partial charge in [-0.2, -0.15) is 13.9 Å². The van der Waals surface area contributed by atoms with E-state index < -0.39 is 18.1 Å². The summed E-state index contributed by atoms with van der Waals surface area (Å²) in [6.07, 6.45) is 1.76. The number of aryl methyl sites for hydroxylation is 1. The maximum atomic E-state index is 14.1. The Morgan fingerprint density at radius 3 is 2.77 bits per heavy atom. The number of nitrogens with one attached hydrogen (secondary N) is 1. The monoisotopic (exact) mass is 427 g/mol. The normalized spacial score (nSPS) is 19.5. The van der Waals surface area contributed by atoms with Crippen molar-refractivity contribution in [2.24, 2.45) is 0 Å². The number of anilines is 2. The second-order valence-corrected chi connectivity index (χ2v) is 8.66. The molecule has 3 aromatic rings. The van der Waals surface area contributed by atoms with Gasteiger partial charge in [-0.05, 0) is 32.9 Å². The average Bonchev–Trinajstić information content (AvgIpc) is 3.03. The van der Waals surface area contributed by atoms with E-state index in [9.17, 15) is 13.9 Å². The quantitative estimate of drug-likeness (QED) is 0.659. The molecule has 0 radical (unpaired) electrons. The Kier molecular flexibility index (Phi) is 4.30. The Labute approximate surface area is 178 Å². The highest BCUT2D eigenvalue weighted by Crippen LogP contribution is 2.45. The van der Waals surface area contributed by atoms with Gasteiger partial charge in [0, 0.05) is 24.0 Å². The zero-order chi connectivity index (χ0) is 22.0. The lowest BCUT2D eigenvalue weighted by Gasteiger charge is -2.45. The number of ether oxygens (including phenoxy) is 1. The molecule has 2 aliphatic heterocycles. The summed E-state index contributed by atoms with van der Waals surface area (Å²) in [5.41, 5.74) is 2.12. The molecule has 2 N–H and O–H groups in total. The predicted octanol–water partition coefficient (Wildman–Crippen LogP) is 3.56. The summed E-state index contributed by atoms with van der Waals surface area (Å²) in [5.74, 6) is -2.26. The molecule has 9 heteroatoms. The molecule has 1 fully saturated rings. The van der Waals surface area contributed by atoms with Crippen LogP contribution in [-0.4, -0.2) is 45.6 Å². The van der Waals surface area contributed by atoms with Gasteiger partial charge < -0.3 is 20.1 Å². The lowest BCUT2D eigenvalue weighted by atomic mass is 9.96. The third kappa shape index (κ3) is 3.33. The van der Waals surface area contributed by atoms with E-state index in [0.29, 0.717) is 35.7 Å². The molecule has 2 aromatic heterocycles. The molecular formula is C22H23F2N5O2. The lowest BCUT2D eigenvalue weighted by Crippen LogP contribution is -2.60. The predicted molar refractivity (Wildman–Crippen MR) is 113 cm³/mol. The second kappa shape index (κ2) is 6.71. The van der Waals surface area contributed by atoms with Crippen LogP contribution in [0.3, 0.4) is 0 Å². The van der Waals surface area contributed by atoms with Crippen molar-refractivity contribution < 1.29 is 18.6 Å². The number of pyridine rings is 1. The smallest absolute Gasteiger partial charge is 0.310 e. The molecule has 4 heterocycles.